The molecule has 1 fully saturated rings. The first-order valence-electron chi connectivity index (χ1n) is 7.27. The van der Waals surface area contributed by atoms with E-state index >= 15 is 0 Å². The maximum Gasteiger partial charge on any atom is 0.328 e. The smallest absolute Gasteiger partial charge is 0.328 e. The van der Waals surface area contributed by atoms with Gasteiger partial charge in [0.05, 0.1) is 6.61 Å². The van der Waals surface area contributed by atoms with E-state index in [0.717, 1.165) is 12.0 Å². The minimum Gasteiger partial charge on any atom is -0.484 e. The van der Waals surface area contributed by atoms with Crippen LogP contribution >= 0.6 is 0 Å². The molecule has 114 valence electrons. The van der Waals surface area contributed by atoms with Crippen molar-refractivity contribution in [1.82, 2.24) is 4.90 Å². The third kappa shape index (κ3) is 3.97. The summed E-state index contributed by atoms with van der Waals surface area (Å²) in [6.07, 6.45) is 1.48. The summed E-state index contributed by atoms with van der Waals surface area (Å²) >= 11 is 0. The lowest BCUT2D eigenvalue weighted by Gasteiger charge is -2.23. The highest BCUT2D eigenvalue weighted by Gasteiger charge is 2.35. The quantitative estimate of drug-likeness (QED) is 0.778. The van der Waals surface area contributed by atoms with Gasteiger partial charge >= 0.3 is 5.97 Å². The van der Waals surface area contributed by atoms with Gasteiger partial charge in [-0.15, -0.1) is 0 Å². The van der Waals surface area contributed by atoms with Gasteiger partial charge in [0.2, 0.25) is 0 Å². The van der Waals surface area contributed by atoms with Crippen molar-refractivity contribution in [2.45, 2.75) is 32.7 Å². The van der Waals surface area contributed by atoms with E-state index in [0.29, 0.717) is 25.3 Å². The third-order valence-corrected chi connectivity index (χ3v) is 3.48. The predicted octanol–water partition coefficient (Wildman–Crippen LogP) is 1.93. The summed E-state index contributed by atoms with van der Waals surface area (Å²) in [5.74, 6) is 0.168. The molecule has 1 unspecified atom stereocenters. The maximum absolute atomic E-state index is 12.2. The molecule has 1 saturated heterocycles. The summed E-state index contributed by atoms with van der Waals surface area (Å²) in [7, 11) is 0. The fraction of sp³-hybridized carbons (Fsp3) is 0.500. The largest absolute Gasteiger partial charge is 0.484 e. The van der Waals surface area contributed by atoms with E-state index in [-0.39, 0.29) is 18.5 Å². The molecule has 0 aliphatic carbocycles. The summed E-state index contributed by atoms with van der Waals surface area (Å²) in [5, 5.41) is 0. The number of hydrogen-bond donors (Lipinski definition) is 0. The molecule has 0 aromatic heterocycles. The second kappa shape index (κ2) is 7.11. The zero-order valence-electron chi connectivity index (χ0n) is 12.5. The molecule has 0 spiro atoms. The molecule has 1 heterocycles. The number of ether oxygens (including phenoxy) is 2. The second-order valence-corrected chi connectivity index (χ2v) is 5.10. The molecule has 1 atom stereocenters. The van der Waals surface area contributed by atoms with Gasteiger partial charge in [-0.1, -0.05) is 12.1 Å². The molecule has 0 saturated carbocycles. The monoisotopic (exact) mass is 291 g/mol. The number of rotatable bonds is 5. The van der Waals surface area contributed by atoms with Gasteiger partial charge in [0.1, 0.15) is 11.8 Å². The number of benzene rings is 1. The van der Waals surface area contributed by atoms with E-state index in [1.165, 1.54) is 0 Å². The summed E-state index contributed by atoms with van der Waals surface area (Å²) in [4.78, 5) is 25.6. The van der Waals surface area contributed by atoms with Gasteiger partial charge in [0.15, 0.2) is 6.61 Å². The van der Waals surface area contributed by atoms with Crippen molar-refractivity contribution in [1.29, 1.82) is 0 Å². The predicted molar refractivity (Wildman–Crippen MR) is 78.0 cm³/mol. The second-order valence-electron chi connectivity index (χ2n) is 5.10. The van der Waals surface area contributed by atoms with Crippen LogP contribution in [-0.4, -0.2) is 42.6 Å². The fourth-order valence-electron chi connectivity index (χ4n) is 2.48. The Hall–Kier alpha value is -2.04. The topological polar surface area (TPSA) is 55.8 Å². The van der Waals surface area contributed by atoms with Crippen LogP contribution in [0.15, 0.2) is 24.3 Å². The molecule has 1 aliphatic rings. The highest BCUT2D eigenvalue weighted by atomic mass is 16.5. The number of amides is 1. The van der Waals surface area contributed by atoms with E-state index in [1.54, 1.807) is 11.8 Å². The minimum atomic E-state index is -0.460. The molecule has 1 amide bonds. The number of hydrogen-bond acceptors (Lipinski definition) is 4. The zero-order valence-corrected chi connectivity index (χ0v) is 12.5. The van der Waals surface area contributed by atoms with E-state index in [4.69, 9.17) is 9.47 Å². The first kappa shape index (κ1) is 15.4. The van der Waals surface area contributed by atoms with Crippen LogP contribution in [0.3, 0.4) is 0 Å². The summed E-state index contributed by atoms with van der Waals surface area (Å²) in [6.45, 7) is 4.59. The molecular weight excluding hydrogens is 270 g/mol. The van der Waals surface area contributed by atoms with Gasteiger partial charge < -0.3 is 14.4 Å². The third-order valence-electron chi connectivity index (χ3n) is 3.48. The highest BCUT2D eigenvalue weighted by molar-refractivity contribution is 5.86. The lowest BCUT2D eigenvalue weighted by atomic mass is 10.2. The van der Waals surface area contributed by atoms with Gasteiger partial charge in [-0.3, -0.25) is 4.79 Å². The number of nitrogens with zero attached hydrogens (tertiary/aromatic N) is 1. The van der Waals surface area contributed by atoms with E-state index < -0.39 is 6.04 Å². The molecule has 21 heavy (non-hydrogen) atoms. The molecule has 0 bridgehead atoms. The number of esters is 1. The lowest BCUT2D eigenvalue weighted by molar-refractivity contribution is -0.153. The van der Waals surface area contributed by atoms with Crippen molar-refractivity contribution in [3.63, 3.8) is 0 Å². The standard InChI is InChI=1S/C16H21NO4/c1-3-20-16(19)14-8-5-9-17(14)15(18)11-21-13-7-4-6-12(2)10-13/h4,6-7,10,14H,3,5,8-9,11H2,1-2H3. The van der Waals surface area contributed by atoms with E-state index in [2.05, 4.69) is 0 Å². The Bertz CT molecular complexity index is 515. The maximum atomic E-state index is 12.2. The van der Waals surface area contributed by atoms with Gasteiger partial charge in [-0.2, -0.15) is 0 Å². The number of aryl methyl sites for hydroxylation is 1. The van der Waals surface area contributed by atoms with Crippen molar-refractivity contribution in [2.24, 2.45) is 0 Å². The van der Waals surface area contributed by atoms with Gasteiger partial charge in [0.25, 0.3) is 5.91 Å². The average Bonchev–Trinajstić information content (AvgIpc) is 2.94. The van der Waals surface area contributed by atoms with Crippen LogP contribution in [0, 0.1) is 6.92 Å². The molecule has 0 N–H and O–H groups in total. The summed E-state index contributed by atoms with van der Waals surface area (Å²) < 4.78 is 10.5. The van der Waals surface area contributed by atoms with Crippen LogP contribution in [0.4, 0.5) is 0 Å². The van der Waals surface area contributed by atoms with Crippen molar-refractivity contribution in [3.8, 4) is 5.75 Å². The van der Waals surface area contributed by atoms with E-state index in [1.807, 2.05) is 31.2 Å². The lowest BCUT2D eigenvalue weighted by Crippen LogP contribution is -2.43. The number of carbonyl (C=O) groups is 2. The summed E-state index contributed by atoms with van der Waals surface area (Å²) in [6, 6.07) is 7.07. The SMILES string of the molecule is CCOC(=O)C1CCCN1C(=O)COc1cccc(C)c1. The average molecular weight is 291 g/mol. The van der Waals surface area contributed by atoms with Crippen LogP contribution < -0.4 is 4.74 Å². The first-order valence-corrected chi connectivity index (χ1v) is 7.27. The van der Waals surface area contributed by atoms with Crippen LogP contribution in [0.2, 0.25) is 0 Å². The van der Waals surface area contributed by atoms with Crippen LogP contribution in [0.1, 0.15) is 25.3 Å². The molecule has 5 nitrogen and oxygen atoms in total. The molecule has 2 rings (SSSR count). The zero-order chi connectivity index (χ0) is 15.2. The Morgan fingerprint density at radius 1 is 1.38 bits per heavy atom. The Labute approximate surface area is 124 Å². The minimum absolute atomic E-state index is 0.0562. The Balaban J connectivity index is 1.91. The van der Waals surface area contributed by atoms with Crippen molar-refractivity contribution < 1.29 is 19.1 Å². The molecule has 1 aliphatic heterocycles. The molecule has 0 radical (unpaired) electrons. The molecule has 5 heteroatoms. The van der Waals surface area contributed by atoms with Gasteiger partial charge in [-0.05, 0) is 44.4 Å². The summed E-state index contributed by atoms with van der Waals surface area (Å²) in [5.41, 5.74) is 1.07. The van der Waals surface area contributed by atoms with E-state index in [9.17, 15) is 9.59 Å². The fourth-order valence-corrected chi connectivity index (χ4v) is 2.48. The van der Waals surface area contributed by atoms with Crippen molar-refractivity contribution >= 4 is 11.9 Å². The molecule has 1 aromatic carbocycles. The van der Waals surface area contributed by atoms with Crippen molar-refractivity contribution in [3.05, 3.63) is 29.8 Å². The van der Waals surface area contributed by atoms with Crippen LogP contribution in [0.25, 0.3) is 0 Å². The highest BCUT2D eigenvalue weighted by Crippen LogP contribution is 2.19. The number of likely N-dealkylation sites (tertiary alicyclic amines) is 1. The first-order chi connectivity index (χ1) is 10.1. The Kier molecular flexibility index (Phi) is 5.20. The van der Waals surface area contributed by atoms with Crippen molar-refractivity contribution in [2.75, 3.05) is 19.8 Å². The van der Waals surface area contributed by atoms with Gasteiger partial charge in [-0.25, -0.2) is 4.79 Å². The normalized spacial score (nSPS) is 17.6. The molecule has 1 aromatic rings. The molecular formula is C16H21NO4. The number of carbonyl (C=O) groups excluding carboxylic acids is 2. The Morgan fingerprint density at radius 2 is 2.19 bits per heavy atom. The van der Waals surface area contributed by atoms with Gasteiger partial charge in [0, 0.05) is 6.54 Å². The van der Waals surface area contributed by atoms with Crippen LogP contribution in [-0.2, 0) is 14.3 Å². The Morgan fingerprint density at radius 3 is 2.90 bits per heavy atom. The van der Waals surface area contributed by atoms with Crippen LogP contribution in [0.5, 0.6) is 5.75 Å².